The molecule has 2 unspecified atom stereocenters. The molecule has 1 saturated carbocycles. The number of rotatable bonds is 4. The summed E-state index contributed by atoms with van der Waals surface area (Å²) < 4.78 is 22.4. The van der Waals surface area contributed by atoms with Crippen molar-refractivity contribution in [2.45, 2.75) is 45.4 Å². The third kappa shape index (κ3) is 3.01. The number of benzene rings is 1. The van der Waals surface area contributed by atoms with E-state index in [-0.39, 0.29) is 11.2 Å². The molecule has 1 aromatic carbocycles. The first-order valence-electron chi connectivity index (χ1n) is 8.09. The van der Waals surface area contributed by atoms with E-state index in [1.807, 2.05) is 6.07 Å². The van der Waals surface area contributed by atoms with Crippen LogP contribution in [0.1, 0.15) is 43.7 Å². The maximum Gasteiger partial charge on any atom is 0.209 e. The molecule has 1 aromatic rings. The first-order valence-corrected chi connectivity index (χ1v) is 9.81. The Morgan fingerprint density at radius 1 is 1.23 bits per heavy atom. The lowest BCUT2D eigenvalue weighted by Gasteiger charge is -2.35. The van der Waals surface area contributed by atoms with Gasteiger partial charge in [0.1, 0.15) is 5.75 Å². The van der Waals surface area contributed by atoms with Gasteiger partial charge < -0.3 is 5.11 Å². The van der Waals surface area contributed by atoms with Crippen LogP contribution in [-0.2, 0) is 22.9 Å². The van der Waals surface area contributed by atoms with Crippen LogP contribution in [0.25, 0.3) is 0 Å². The molecule has 2 aliphatic rings. The van der Waals surface area contributed by atoms with E-state index in [4.69, 9.17) is 5.14 Å². The molecule has 0 amide bonds. The second kappa shape index (κ2) is 5.53. The predicted octanol–water partition coefficient (Wildman–Crippen LogP) is 2.59. The largest absolute Gasteiger partial charge is 0.508 e. The van der Waals surface area contributed by atoms with E-state index in [0.29, 0.717) is 24.0 Å². The standard InChI is InChI=1S/C17H25NO3S/c1-17(7-2-8-22(18,20)21)14-4-5-15(17)10-13-11-16(19)6-3-12(13)9-14/h3,6,11,14-15,19H,2,4-5,7-10H2,1H3,(H2,18,20,21)/t14?,15?,17-/m0/s1. The van der Waals surface area contributed by atoms with Crippen LogP contribution >= 0.6 is 0 Å². The minimum Gasteiger partial charge on any atom is -0.508 e. The van der Waals surface area contributed by atoms with Crippen molar-refractivity contribution in [2.24, 2.45) is 22.4 Å². The minimum atomic E-state index is -3.37. The molecular formula is C17H25NO3S. The fourth-order valence-corrected chi connectivity index (χ4v) is 5.21. The van der Waals surface area contributed by atoms with Gasteiger partial charge in [0, 0.05) is 0 Å². The monoisotopic (exact) mass is 323 g/mol. The molecule has 5 heteroatoms. The van der Waals surface area contributed by atoms with Crippen molar-refractivity contribution >= 4 is 10.0 Å². The Morgan fingerprint density at radius 2 is 1.86 bits per heavy atom. The fraction of sp³-hybridized carbons (Fsp3) is 0.647. The van der Waals surface area contributed by atoms with Crippen molar-refractivity contribution in [1.29, 1.82) is 0 Å². The number of aromatic hydroxyl groups is 1. The summed E-state index contributed by atoms with van der Waals surface area (Å²) in [6.45, 7) is 2.32. The average molecular weight is 323 g/mol. The maximum atomic E-state index is 11.2. The maximum absolute atomic E-state index is 11.2. The van der Waals surface area contributed by atoms with Crippen LogP contribution in [-0.4, -0.2) is 19.3 Å². The Kier molecular flexibility index (Phi) is 3.98. The molecule has 0 saturated heterocycles. The second-order valence-corrected chi connectivity index (χ2v) is 9.04. The lowest BCUT2D eigenvalue weighted by atomic mass is 9.69. The summed E-state index contributed by atoms with van der Waals surface area (Å²) in [7, 11) is -3.37. The summed E-state index contributed by atoms with van der Waals surface area (Å²) in [6, 6.07) is 5.73. The van der Waals surface area contributed by atoms with Gasteiger partial charge in [-0.25, -0.2) is 13.6 Å². The zero-order chi connectivity index (χ0) is 16.0. The molecular weight excluding hydrogens is 298 g/mol. The van der Waals surface area contributed by atoms with Crippen LogP contribution in [0, 0.1) is 17.3 Å². The highest BCUT2D eigenvalue weighted by Crippen LogP contribution is 2.55. The summed E-state index contributed by atoms with van der Waals surface area (Å²) in [5.74, 6) is 1.59. The molecule has 0 radical (unpaired) electrons. The van der Waals surface area contributed by atoms with Crippen molar-refractivity contribution < 1.29 is 13.5 Å². The SMILES string of the molecule is C[C@]1(CCCS(N)(=O)=O)C2CCC1Cc1cc(O)ccc1C2. The molecule has 3 atom stereocenters. The van der Waals surface area contributed by atoms with Gasteiger partial charge in [-0.1, -0.05) is 13.0 Å². The smallest absolute Gasteiger partial charge is 0.209 e. The Morgan fingerprint density at radius 3 is 2.50 bits per heavy atom. The first-order chi connectivity index (χ1) is 10.3. The number of phenolic OH excluding ortho intramolecular Hbond substituents is 1. The van der Waals surface area contributed by atoms with Crippen LogP contribution in [0.4, 0.5) is 0 Å². The Labute approximate surface area is 132 Å². The van der Waals surface area contributed by atoms with Crippen LogP contribution in [0.3, 0.4) is 0 Å². The molecule has 3 N–H and O–H groups in total. The fourth-order valence-electron chi connectivity index (χ4n) is 4.66. The number of nitrogens with two attached hydrogens (primary N) is 1. The van der Waals surface area contributed by atoms with Gasteiger partial charge in [0.2, 0.25) is 10.0 Å². The molecule has 0 aromatic heterocycles. The summed E-state index contributed by atoms with van der Waals surface area (Å²) in [4.78, 5) is 0. The molecule has 3 rings (SSSR count). The number of phenols is 1. The Bertz CT molecular complexity index is 670. The Hall–Kier alpha value is -1.07. The zero-order valence-electron chi connectivity index (χ0n) is 13.1. The first kappa shape index (κ1) is 15.8. The minimum absolute atomic E-state index is 0.0791. The van der Waals surface area contributed by atoms with Gasteiger partial charge in [-0.05, 0) is 79.0 Å². The molecule has 0 aliphatic heterocycles. The molecule has 1 fully saturated rings. The van der Waals surface area contributed by atoms with Crippen molar-refractivity contribution in [3.05, 3.63) is 29.3 Å². The van der Waals surface area contributed by atoms with Gasteiger partial charge in [-0.2, -0.15) is 0 Å². The number of hydrogen-bond acceptors (Lipinski definition) is 3. The van der Waals surface area contributed by atoms with Crippen molar-refractivity contribution in [1.82, 2.24) is 0 Å². The molecule has 0 spiro atoms. The number of hydrogen-bond donors (Lipinski definition) is 2. The normalized spacial score (nSPS) is 30.8. The van der Waals surface area contributed by atoms with Crippen molar-refractivity contribution in [3.63, 3.8) is 0 Å². The molecule has 2 bridgehead atoms. The highest BCUT2D eigenvalue weighted by molar-refractivity contribution is 7.89. The topological polar surface area (TPSA) is 80.4 Å². The molecule has 4 nitrogen and oxygen atoms in total. The third-order valence-corrected chi connectivity index (χ3v) is 6.85. The molecule has 2 aliphatic carbocycles. The van der Waals surface area contributed by atoms with Gasteiger partial charge >= 0.3 is 0 Å². The lowest BCUT2D eigenvalue weighted by Crippen LogP contribution is -2.30. The van der Waals surface area contributed by atoms with E-state index < -0.39 is 10.0 Å². The molecule has 122 valence electrons. The predicted molar refractivity (Wildman–Crippen MR) is 87.0 cm³/mol. The number of sulfonamides is 1. The summed E-state index contributed by atoms with van der Waals surface area (Å²) in [6.07, 6.45) is 6.01. The van der Waals surface area contributed by atoms with Crippen molar-refractivity contribution in [2.75, 3.05) is 5.75 Å². The molecule has 0 heterocycles. The quantitative estimate of drug-likeness (QED) is 0.893. The van der Waals surface area contributed by atoms with Crippen molar-refractivity contribution in [3.8, 4) is 5.75 Å². The number of fused-ring (bicyclic) bond motifs is 3. The number of primary sulfonamides is 1. The van der Waals surface area contributed by atoms with Gasteiger partial charge in [0.05, 0.1) is 5.75 Å². The third-order valence-electron chi connectivity index (χ3n) is 6.00. The highest BCUT2D eigenvalue weighted by Gasteiger charge is 2.47. The Balaban J connectivity index is 1.80. The van der Waals surface area contributed by atoms with E-state index in [9.17, 15) is 13.5 Å². The lowest BCUT2D eigenvalue weighted by molar-refractivity contribution is 0.146. The van der Waals surface area contributed by atoms with E-state index in [1.165, 1.54) is 24.0 Å². The zero-order valence-corrected chi connectivity index (χ0v) is 13.9. The summed E-state index contributed by atoms with van der Waals surface area (Å²) in [5, 5.41) is 14.9. The van der Waals surface area contributed by atoms with Gasteiger partial charge in [0.25, 0.3) is 0 Å². The van der Waals surface area contributed by atoms with Gasteiger partial charge in [0.15, 0.2) is 0 Å². The summed E-state index contributed by atoms with van der Waals surface area (Å²) in [5.41, 5.74) is 2.80. The van der Waals surface area contributed by atoms with E-state index in [0.717, 1.165) is 19.3 Å². The van der Waals surface area contributed by atoms with E-state index in [2.05, 4.69) is 13.0 Å². The highest BCUT2D eigenvalue weighted by atomic mass is 32.2. The van der Waals surface area contributed by atoms with Gasteiger partial charge in [-0.3, -0.25) is 0 Å². The average Bonchev–Trinajstić information content (AvgIpc) is 2.60. The van der Waals surface area contributed by atoms with E-state index in [1.54, 1.807) is 6.07 Å². The van der Waals surface area contributed by atoms with Crippen LogP contribution in [0.5, 0.6) is 5.75 Å². The van der Waals surface area contributed by atoms with E-state index >= 15 is 0 Å². The van der Waals surface area contributed by atoms with Crippen LogP contribution in [0.2, 0.25) is 0 Å². The van der Waals surface area contributed by atoms with Gasteiger partial charge in [-0.15, -0.1) is 0 Å². The summed E-state index contributed by atoms with van der Waals surface area (Å²) >= 11 is 0. The second-order valence-electron chi connectivity index (χ2n) is 7.31. The van der Waals surface area contributed by atoms with Crippen LogP contribution < -0.4 is 5.14 Å². The van der Waals surface area contributed by atoms with Crippen LogP contribution in [0.15, 0.2) is 18.2 Å². The molecule has 22 heavy (non-hydrogen) atoms.